The number of hydrogen-bond donors (Lipinski definition) is 8. The highest BCUT2D eigenvalue weighted by molar-refractivity contribution is 7.79. The number of nitrogens with two attached hydrogens (primary N) is 3. The second-order valence-corrected chi connectivity index (χ2v) is 14.0. The Balaban J connectivity index is 0.000000182. The predicted octanol–water partition coefficient (Wildman–Crippen LogP) is -1.50. The number of methoxy groups -OCH3 is 3. The van der Waals surface area contributed by atoms with Gasteiger partial charge >= 0.3 is 0 Å². The first kappa shape index (κ1) is 52.3. The van der Waals surface area contributed by atoms with Crippen LogP contribution in [0.15, 0.2) is 38.0 Å². The van der Waals surface area contributed by atoms with Crippen molar-refractivity contribution in [2.75, 3.05) is 70.9 Å². The smallest absolute Gasteiger partial charge is 0.293 e. The highest BCUT2D eigenvalue weighted by Crippen LogP contribution is 2.36. The van der Waals surface area contributed by atoms with E-state index in [-0.39, 0.29) is 56.4 Å². The molecule has 0 saturated carbocycles. The fraction of sp³-hybridized carbons (Fsp3) is 0.541. The third-order valence-corrected chi connectivity index (χ3v) is 10.5. The van der Waals surface area contributed by atoms with Crippen LogP contribution in [0.2, 0.25) is 0 Å². The van der Waals surface area contributed by atoms with Crippen LogP contribution in [0, 0.1) is 0 Å². The fourth-order valence-electron chi connectivity index (χ4n) is 7.43. The largest absolute Gasteiger partial charge is 0.465 e. The first-order valence-corrected chi connectivity index (χ1v) is 21.7. The highest BCUT2D eigenvalue weighted by atomic mass is 32.1. The normalized spacial score (nSPS) is 26.3. The molecule has 3 fully saturated rings. The van der Waals surface area contributed by atoms with Crippen LogP contribution in [0.5, 0.6) is 0 Å². The summed E-state index contributed by atoms with van der Waals surface area (Å²) in [5.74, 6) is 0.812. The number of carbonyl (C=O) groups is 2. The Bertz CT molecular complexity index is 2490. The van der Waals surface area contributed by atoms with Crippen LogP contribution < -0.4 is 17.2 Å². The molecule has 6 aromatic rings. The maximum Gasteiger partial charge on any atom is 0.293 e. The molecule has 6 aromatic heterocycles. The summed E-state index contributed by atoms with van der Waals surface area (Å²) in [6, 6.07) is 0. The molecule has 67 heavy (non-hydrogen) atoms. The van der Waals surface area contributed by atoms with E-state index in [1.807, 2.05) is 0 Å². The van der Waals surface area contributed by atoms with Gasteiger partial charge in [0.15, 0.2) is 53.1 Å². The topological polar surface area (TPSA) is 378 Å². The lowest BCUT2D eigenvalue weighted by Gasteiger charge is -2.21. The minimum atomic E-state index is -1.22. The van der Waals surface area contributed by atoms with Crippen LogP contribution in [0.1, 0.15) is 25.1 Å². The molecule has 3 aliphatic rings. The van der Waals surface area contributed by atoms with E-state index in [9.17, 15) is 24.9 Å². The molecule has 0 aliphatic carbocycles. The molecule has 11 unspecified atom stereocenters. The van der Waals surface area contributed by atoms with E-state index >= 15 is 0 Å². The first-order chi connectivity index (χ1) is 32.6. The Kier molecular flexibility index (Phi) is 19.4. The molecule has 9 N–H and O–H groups in total. The fourth-order valence-corrected chi connectivity index (χ4v) is 7.43. The van der Waals surface area contributed by atoms with Crippen LogP contribution in [0.25, 0.3) is 33.5 Å². The van der Waals surface area contributed by atoms with Crippen molar-refractivity contribution in [1.29, 1.82) is 0 Å². The number of hydrogen-bond acceptors (Lipinski definition) is 27. The maximum atomic E-state index is 10.4. The molecule has 366 valence electrons. The number of anilines is 3. The maximum absolute atomic E-state index is 10.4. The Morgan fingerprint density at radius 3 is 1.48 bits per heavy atom. The SMILES string of the molecule is COC1C(COC=O)OC(n2cnc3c(N)ncnc32)C1OC.COC1CC(CO)OC1n1cnc2c(N)ncnc21.CS.CS.Nc1ncnc2c1ncn2C1OC(COC=O)C(O)C1O. The third-order valence-electron chi connectivity index (χ3n) is 10.5. The van der Waals surface area contributed by atoms with E-state index in [1.165, 1.54) is 29.9 Å². The van der Waals surface area contributed by atoms with Gasteiger partial charge in [-0.25, -0.2) is 44.9 Å². The second kappa shape index (κ2) is 24.9. The molecule has 0 bridgehead atoms. The van der Waals surface area contributed by atoms with Crippen LogP contribution >= 0.6 is 25.3 Å². The van der Waals surface area contributed by atoms with Crippen molar-refractivity contribution in [3.05, 3.63) is 38.0 Å². The standard InChI is InChI=1S/C13H17N5O5.C11H13N5O5.C11H15N5O3.2CH4S/c1-20-9-7(3-22-6-19)23-13(10(9)21-2)18-5-17-8-11(14)15-4-16-12(8)18;12-9-6-10(14-2-13-9)16(3-15-6)11-8(19)7(18)5(21-11)1-20-4-17;1-18-7-2-6(3-17)19-11(7)16-5-15-8-9(12)13-4-14-10(8)16;2*1-2/h4-7,9-10,13H,3H2,1-2H3,(H2,14,15,16);2-5,7-8,11,18-19H,1H2,(H2,12,13,14);4-7,11,17H,2-3H2,1H3,(H2,12,13,14);2*2H,1H3. The van der Waals surface area contributed by atoms with Crippen LogP contribution in [0.4, 0.5) is 17.5 Å². The van der Waals surface area contributed by atoms with E-state index < -0.39 is 49.1 Å². The molecule has 11 atom stereocenters. The van der Waals surface area contributed by atoms with Gasteiger partial charge in [-0.05, 0) is 12.5 Å². The van der Waals surface area contributed by atoms with Gasteiger partial charge in [0.1, 0.15) is 91.5 Å². The summed E-state index contributed by atoms with van der Waals surface area (Å²) in [4.78, 5) is 57.2. The van der Waals surface area contributed by atoms with Crippen molar-refractivity contribution in [2.45, 2.75) is 73.9 Å². The van der Waals surface area contributed by atoms with Crippen molar-refractivity contribution in [3.8, 4) is 0 Å². The summed E-state index contributed by atoms with van der Waals surface area (Å²) in [5.41, 5.74) is 20.1. The van der Waals surface area contributed by atoms with E-state index in [1.54, 1.807) is 55.6 Å². The molecule has 0 amide bonds. The summed E-state index contributed by atoms with van der Waals surface area (Å²) in [6.45, 7) is 0.465. The Labute approximate surface area is 392 Å². The monoisotopic (exact) mass is 979 g/mol. The number of rotatable bonds is 13. The number of aliphatic hydroxyl groups is 3. The summed E-state index contributed by atoms with van der Waals surface area (Å²) in [7, 11) is 4.71. The number of fused-ring (bicyclic) bond motifs is 3. The number of aromatic nitrogens is 12. The van der Waals surface area contributed by atoms with Crippen molar-refractivity contribution in [3.63, 3.8) is 0 Å². The molecule has 9 rings (SSSR count). The number of aliphatic hydroxyl groups excluding tert-OH is 3. The number of nitrogen functional groups attached to an aromatic ring is 3. The summed E-state index contributed by atoms with van der Waals surface area (Å²) in [5, 5.41) is 29.2. The quantitative estimate of drug-likeness (QED) is 0.0482. The Morgan fingerprint density at radius 1 is 0.612 bits per heavy atom. The number of thiol groups is 2. The average molecular weight is 980 g/mol. The van der Waals surface area contributed by atoms with Gasteiger partial charge in [-0.1, -0.05) is 0 Å². The van der Waals surface area contributed by atoms with Gasteiger partial charge in [0, 0.05) is 27.8 Å². The van der Waals surface area contributed by atoms with Gasteiger partial charge in [-0.2, -0.15) is 25.3 Å². The zero-order valence-electron chi connectivity index (χ0n) is 36.7. The minimum absolute atomic E-state index is 0.0416. The van der Waals surface area contributed by atoms with Gasteiger partial charge in [0.2, 0.25) is 0 Å². The van der Waals surface area contributed by atoms with Crippen molar-refractivity contribution in [2.24, 2.45) is 0 Å². The first-order valence-electron chi connectivity index (χ1n) is 19.9. The Morgan fingerprint density at radius 2 is 1.04 bits per heavy atom. The zero-order chi connectivity index (χ0) is 48.8. The van der Waals surface area contributed by atoms with Crippen LogP contribution in [-0.4, -0.2) is 189 Å². The van der Waals surface area contributed by atoms with Gasteiger partial charge < -0.3 is 70.4 Å². The molecule has 30 heteroatoms. The third kappa shape index (κ3) is 11.2. The summed E-state index contributed by atoms with van der Waals surface area (Å²) < 4.78 is 47.9. The summed E-state index contributed by atoms with van der Waals surface area (Å²) in [6.07, 6.45) is 5.72. The van der Waals surface area contributed by atoms with E-state index in [0.29, 0.717) is 52.2 Å². The highest BCUT2D eigenvalue weighted by Gasteiger charge is 2.48. The van der Waals surface area contributed by atoms with E-state index in [0.717, 1.165) is 0 Å². The molecule has 9 heterocycles. The zero-order valence-corrected chi connectivity index (χ0v) is 38.5. The molecule has 3 aliphatic heterocycles. The van der Waals surface area contributed by atoms with Crippen molar-refractivity contribution in [1.82, 2.24) is 58.6 Å². The number of carbonyl (C=O) groups excluding carboxylic acids is 2. The molecular formula is C37H53N15O13S2. The van der Waals surface area contributed by atoms with Crippen LogP contribution in [0.3, 0.4) is 0 Å². The molecule has 3 saturated heterocycles. The average Bonchev–Trinajstić information content (AvgIpc) is 4.23. The van der Waals surface area contributed by atoms with Crippen molar-refractivity contribution < 1.29 is 62.8 Å². The molecular weight excluding hydrogens is 927 g/mol. The lowest BCUT2D eigenvalue weighted by molar-refractivity contribution is -0.136. The van der Waals surface area contributed by atoms with Gasteiger partial charge in [0.05, 0.1) is 31.7 Å². The van der Waals surface area contributed by atoms with Crippen molar-refractivity contribution >= 4 is 89.1 Å². The number of ether oxygens (including phenoxy) is 8. The summed E-state index contributed by atoms with van der Waals surface area (Å²) >= 11 is 7.06. The number of nitrogens with zero attached hydrogens (tertiary/aromatic N) is 12. The van der Waals surface area contributed by atoms with E-state index in [2.05, 4.69) is 74.9 Å². The van der Waals surface area contributed by atoms with E-state index in [4.69, 9.17) is 50.4 Å². The molecule has 0 aromatic carbocycles. The van der Waals surface area contributed by atoms with Gasteiger partial charge in [-0.15, -0.1) is 0 Å². The predicted molar refractivity (Wildman–Crippen MR) is 241 cm³/mol. The number of imidazole rings is 3. The lowest BCUT2D eigenvalue weighted by Crippen LogP contribution is -2.37. The van der Waals surface area contributed by atoms with Gasteiger partial charge in [-0.3, -0.25) is 23.3 Å². The van der Waals surface area contributed by atoms with Gasteiger partial charge in [0.25, 0.3) is 12.9 Å². The Hall–Kier alpha value is -5.67. The molecule has 28 nitrogen and oxygen atoms in total. The lowest BCUT2D eigenvalue weighted by atomic mass is 10.1. The molecule has 0 radical (unpaired) electrons. The molecule has 0 spiro atoms. The van der Waals surface area contributed by atoms with Crippen LogP contribution in [-0.2, 0) is 47.5 Å². The minimum Gasteiger partial charge on any atom is -0.465 e. The second-order valence-electron chi connectivity index (χ2n) is 14.0.